The molecule has 0 unspecified atom stereocenters. The Labute approximate surface area is 168 Å². The highest BCUT2D eigenvalue weighted by Gasteiger charge is 2.18. The number of hydrogen-bond donors (Lipinski definition) is 1. The van der Waals surface area contributed by atoms with Crippen molar-refractivity contribution < 1.29 is 4.79 Å². The van der Waals surface area contributed by atoms with Crippen LogP contribution < -0.4 is 5.32 Å². The molecular weight excluding hydrogens is 366 g/mol. The van der Waals surface area contributed by atoms with Gasteiger partial charge in [-0.2, -0.15) is 5.10 Å². The fourth-order valence-corrected chi connectivity index (χ4v) is 3.67. The summed E-state index contributed by atoms with van der Waals surface area (Å²) in [6.45, 7) is 6.13. The molecule has 0 aliphatic carbocycles. The second kappa shape index (κ2) is 7.44. The number of aryl methyl sites for hydroxylation is 3. The van der Waals surface area contributed by atoms with E-state index in [1.165, 1.54) is 5.56 Å². The minimum atomic E-state index is -0.181. The van der Waals surface area contributed by atoms with Crippen molar-refractivity contribution in [3.63, 3.8) is 0 Å². The van der Waals surface area contributed by atoms with Gasteiger partial charge in [0.25, 0.3) is 5.91 Å². The quantitative estimate of drug-likeness (QED) is 0.482. The highest BCUT2D eigenvalue weighted by molar-refractivity contribution is 7.13. The second-order valence-corrected chi connectivity index (χ2v) is 7.84. The van der Waals surface area contributed by atoms with Gasteiger partial charge in [-0.1, -0.05) is 29.8 Å². The smallest absolute Gasteiger partial charge is 0.274 e. The molecule has 2 aromatic carbocycles. The van der Waals surface area contributed by atoms with Crippen molar-refractivity contribution in [3.8, 4) is 16.3 Å². The summed E-state index contributed by atoms with van der Waals surface area (Å²) in [5, 5.41) is 9.73. The lowest BCUT2D eigenvalue weighted by Gasteiger charge is -2.10. The minimum Gasteiger partial charge on any atom is -0.321 e. The molecule has 1 N–H and O–H groups in total. The van der Waals surface area contributed by atoms with E-state index in [9.17, 15) is 4.79 Å². The Morgan fingerprint density at radius 2 is 1.75 bits per heavy atom. The number of benzene rings is 2. The van der Waals surface area contributed by atoms with Gasteiger partial charge in [0.05, 0.1) is 10.6 Å². The molecule has 28 heavy (non-hydrogen) atoms. The number of thiophene rings is 1. The van der Waals surface area contributed by atoms with Crippen LogP contribution in [-0.4, -0.2) is 15.7 Å². The molecule has 0 aliphatic rings. The molecule has 2 heterocycles. The minimum absolute atomic E-state index is 0.181. The molecule has 140 valence electrons. The van der Waals surface area contributed by atoms with E-state index in [1.807, 2.05) is 79.9 Å². The fourth-order valence-electron chi connectivity index (χ4n) is 2.98. The van der Waals surface area contributed by atoms with Crippen molar-refractivity contribution in [2.24, 2.45) is 0 Å². The van der Waals surface area contributed by atoms with Crippen LogP contribution in [0, 0.1) is 20.8 Å². The highest BCUT2D eigenvalue weighted by atomic mass is 32.1. The summed E-state index contributed by atoms with van der Waals surface area (Å²) in [6, 6.07) is 19.8. The maximum Gasteiger partial charge on any atom is 0.274 e. The van der Waals surface area contributed by atoms with E-state index in [4.69, 9.17) is 5.10 Å². The number of carbonyl (C=O) groups excluding carboxylic acids is 1. The van der Waals surface area contributed by atoms with Crippen LogP contribution in [0.3, 0.4) is 0 Å². The maximum atomic E-state index is 13.1. The Morgan fingerprint density at radius 3 is 2.43 bits per heavy atom. The van der Waals surface area contributed by atoms with Gasteiger partial charge in [-0.25, -0.2) is 4.68 Å². The number of hydrogen-bond acceptors (Lipinski definition) is 3. The molecule has 0 fully saturated rings. The van der Waals surface area contributed by atoms with Crippen LogP contribution in [-0.2, 0) is 0 Å². The first-order chi connectivity index (χ1) is 13.5. The zero-order chi connectivity index (χ0) is 19.7. The zero-order valence-electron chi connectivity index (χ0n) is 16.1. The molecule has 4 aromatic rings. The molecule has 1 amide bonds. The Balaban J connectivity index is 1.74. The molecule has 2 aromatic heterocycles. The van der Waals surface area contributed by atoms with E-state index in [0.717, 1.165) is 33.1 Å². The standard InChI is InChI=1S/C23H21N3OS/c1-15-6-10-19(11-7-15)26-21(14-20(25-26)22-5-4-12-28-22)23(27)24-18-9-8-16(2)17(3)13-18/h4-14H,1-3H3,(H,24,27). The van der Waals surface area contributed by atoms with Gasteiger partial charge in [0.1, 0.15) is 11.4 Å². The predicted molar refractivity (Wildman–Crippen MR) is 115 cm³/mol. The summed E-state index contributed by atoms with van der Waals surface area (Å²) in [5.74, 6) is -0.181. The van der Waals surface area contributed by atoms with Crippen molar-refractivity contribution in [1.29, 1.82) is 0 Å². The number of nitrogens with zero attached hydrogens (tertiary/aromatic N) is 2. The van der Waals surface area contributed by atoms with Crippen LogP contribution in [0.25, 0.3) is 16.3 Å². The van der Waals surface area contributed by atoms with Crippen molar-refractivity contribution in [2.75, 3.05) is 5.32 Å². The average Bonchev–Trinajstić information content (AvgIpc) is 3.35. The summed E-state index contributed by atoms with van der Waals surface area (Å²) >= 11 is 1.61. The molecule has 0 aliphatic heterocycles. The largest absolute Gasteiger partial charge is 0.321 e. The van der Waals surface area contributed by atoms with Gasteiger partial charge in [-0.15, -0.1) is 11.3 Å². The van der Waals surface area contributed by atoms with Crippen LogP contribution in [0.1, 0.15) is 27.2 Å². The van der Waals surface area contributed by atoms with Crippen molar-refractivity contribution >= 4 is 22.9 Å². The molecule has 0 atom stereocenters. The fraction of sp³-hybridized carbons (Fsp3) is 0.130. The first kappa shape index (κ1) is 18.2. The molecule has 4 rings (SSSR count). The third kappa shape index (κ3) is 3.62. The molecule has 0 bridgehead atoms. The number of amides is 1. The van der Waals surface area contributed by atoms with Crippen molar-refractivity contribution in [2.45, 2.75) is 20.8 Å². The molecule has 0 spiro atoms. The first-order valence-corrected chi connectivity index (χ1v) is 9.99. The predicted octanol–water partition coefficient (Wildman–Crippen LogP) is 5.78. The van der Waals surface area contributed by atoms with Gasteiger partial charge in [-0.3, -0.25) is 4.79 Å². The van der Waals surface area contributed by atoms with Gasteiger partial charge in [0.15, 0.2) is 0 Å². The van der Waals surface area contributed by atoms with E-state index >= 15 is 0 Å². The Hall–Kier alpha value is -3.18. The average molecular weight is 388 g/mol. The van der Waals surface area contributed by atoms with Gasteiger partial charge in [-0.05, 0) is 73.7 Å². The van der Waals surface area contributed by atoms with Gasteiger partial charge >= 0.3 is 0 Å². The van der Waals surface area contributed by atoms with Crippen LogP contribution in [0.5, 0.6) is 0 Å². The van der Waals surface area contributed by atoms with E-state index in [0.29, 0.717) is 5.69 Å². The molecule has 0 saturated carbocycles. The van der Waals surface area contributed by atoms with E-state index in [1.54, 1.807) is 16.0 Å². The number of nitrogens with one attached hydrogen (secondary N) is 1. The maximum absolute atomic E-state index is 13.1. The van der Waals surface area contributed by atoms with E-state index in [-0.39, 0.29) is 5.91 Å². The highest BCUT2D eigenvalue weighted by Crippen LogP contribution is 2.26. The molecule has 5 heteroatoms. The van der Waals surface area contributed by atoms with Crippen molar-refractivity contribution in [3.05, 3.63) is 88.4 Å². The lowest BCUT2D eigenvalue weighted by molar-refractivity contribution is 0.101. The number of anilines is 1. The summed E-state index contributed by atoms with van der Waals surface area (Å²) in [4.78, 5) is 14.1. The number of rotatable bonds is 4. The molecule has 0 saturated heterocycles. The monoisotopic (exact) mass is 387 g/mol. The lowest BCUT2D eigenvalue weighted by Crippen LogP contribution is -2.17. The van der Waals surface area contributed by atoms with Crippen LogP contribution in [0.15, 0.2) is 66.0 Å². The normalized spacial score (nSPS) is 10.8. The summed E-state index contributed by atoms with van der Waals surface area (Å²) < 4.78 is 1.71. The Kier molecular flexibility index (Phi) is 4.84. The molecular formula is C23H21N3OS. The topological polar surface area (TPSA) is 46.9 Å². The zero-order valence-corrected chi connectivity index (χ0v) is 16.9. The Morgan fingerprint density at radius 1 is 0.964 bits per heavy atom. The second-order valence-electron chi connectivity index (χ2n) is 6.89. The first-order valence-electron chi connectivity index (χ1n) is 9.11. The van der Waals surface area contributed by atoms with E-state index in [2.05, 4.69) is 12.2 Å². The summed E-state index contributed by atoms with van der Waals surface area (Å²) in [5.41, 5.74) is 6.44. The van der Waals surface area contributed by atoms with Crippen molar-refractivity contribution in [1.82, 2.24) is 9.78 Å². The van der Waals surface area contributed by atoms with E-state index < -0.39 is 0 Å². The third-order valence-corrected chi connectivity index (χ3v) is 5.65. The lowest BCUT2D eigenvalue weighted by atomic mass is 10.1. The third-order valence-electron chi connectivity index (χ3n) is 4.76. The van der Waals surface area contributed by atoms with Gasteiger partial charge in [0, 0.05) is 5.69 Å². The SMILES string of the molecule is Cc1ccc(-n2nc(-c3cccs3)cc2C(=O)Nc2ccc(C)c(C)c2)cc1. The van der Waals surface area contributed by atoms with Gasteiger partial charge in [0.2, 0.25) is 0 Å². The van der Waals surface area contributed by atoms with Crippen LogP contribution in [0.4, 0.5) is 5.69 Å². The molecule has 0 radical (unpaired) electrons. The van der Waals surface area contributed by atoms with Gasteiger partial charge < -0.3 is 5.32 Å². The summed E-state index contributed by atoms with van der Waals surface area (Å²) in [6.07, 6.45) is 0. The number of aromatic nitrogens is 2. The number of carbonyl (C=O) groups is 1. The van der Waals surface area contributed by atoms with Crippen LogP contribution >= 0.6 is 11.3 Å². The Bertz CT molecular complexity index is 1130. The molecule has 4 nitrogen and oxygen atoms in total. The van der Waals surface area contributed by atoms with Crippen LogP contribution in [0.2, 0.25) is 0 Å². The summed E-state index contributed by atoms with van der Waals surface area (Å²) in [7, 11) is 0.